The number of aromatic nitrogens is 2. The molecule has 0 radical (unpaired) electrons. The summed E-state index contributed by atoms with van der Waals surface area (Å²) in [6.07, 6.45) is 1.59. The largest absolute Gasteiger partial charge is 0.384 e. The normalized spacial score (nSPS) is 26.3. The van der Waals surface area contributed by atoms with E-state index in [0.717, 1.165) is 12.1 Å². The van der Waals surface area contributed by atoms with Crippen LogP contribution in [0.4, 0.5) is 5.82 Å². The number of rotatable bonds is 2. The lowest BCUT2D eigenvalue weighted by atomic mass is 9.76. The lowest BCUT2D eigenvalue weighted by Gasteiger charge is -2.28. The van der Waals surface area contributed by atoms with Gasteiger partial charge in [0.05, 0.1) is 23.2 Å². The summed E-state index contributed by atoms with van der Waals surface area (Å²) in [5.74, 6) is 1.25. The molecule has 2 N–H and O–H groups in total. The van der Waals surface area contributed by atoms with Gasteiger partial charge in [-0.1, -0.05) is 24.3 Å². The molecule has 0 saturated carbocycles. The van der Waals surface area contributed by atoms with Gasteiger partial charge in [0.1, 0.15) is 5.82 Å². The lowest BCUT2D eigenvalue weighted by Crippen LogP contribution is -2.19. The maximum absolute atomic E-state index is 11.6. The molecule has 2 aliphatic rings. The zero-order valence-corrected chi connectivity index (χ0v) is 12.4. The Morgan fingerprint density at radius 1 is 1.29 bits per heavy atom. The van der Waals surface area contributed by atoms with Crippen LogP contribution < -0.4 is 5.73 Å². The van der Waals surface area contributed by atoms with Crippen molar-refractivity contribution >= 4 is 15.7 Å². The van der Waals surface area contributed by atoms with Crippen LogP contribution in [0.25, 0.3) is 0 Å². The maximum Gasteiger partial charge on any atom is 0.152 e. The second-order valence-corrected chi connectivity index (χ2v) is 8.18. The van der Waals surface area contributed by atoms with E-state index < -0.39 is 9.84 Å². The Bertz CT molecular complexity index is 810. The molecule has 2 atom stereocenters. The third kappa shape index (κ3) is 2.05. The van der Waals surface area contributed by atoms with Gasteiger partial charge in [-0.05, 0) is 24.0 Å². The molecule has 1 saturated heterocycles. The Morgan fingerprint density at radius 3 is 2.81 bits per heavy atom. The first-order chi connectivity index (χ1) is 10.0. The standard InChI is InChI=1S/C15H17N3O2S/c16-15-8-14(13-7-10-3-1-2-4-12(10)13)17-18(15)11-5-6-21(19,20)9-11/h1-4,8,11,13H,5-7,9,16H2. The number of hydrogen-bond donors (Lipinski definition) is 1. The van der Waals surface area contributed by atoms with E-state index in [1.807, 2.05) is 18.2 Å². The minimum absolute atomic E-state index is 0.112. The molecule has 1 aliphatic heterocycles. The van der Waals surface area contributed by atoms with Crippen LogP contribution in [0.2, 0.25) is 0 Å². The number of nitrogens with zero attached hydrogens (tertiary/aromatic N) is 2. The molecule has 21 heavy (non-hydrogen) atoms. The van der Waals surface area contributed by atoms with Gasteiger partial charge in [0.2, 0.25) is 0 Å². The Morgan fingerprint density at radius 2 is 2.10 bits per heavy atom. The molecule has 5 nitrogen and oxygen atoms in total. The fourth-order valence-electron chi connectivity index (χ4n) is 3.38. The molecule has 6 heteroatoms. The number of hydrogen-bond acceptors (Lipinski definition) is 4. The van der Waals surface area contributed by atoms with E-state index in [1.54, 1.807) is 4.68 Å². The molecular formula is C15H17N3O2S. The van der Waals surface area contributed by atoms with E-state index in [2.05, 4.69) is 17.2 Å². The monoisotopic (exact) mass is 303 g/mol. The second-order valence-electron chi connectivity index (χ2n) is 5.95. The van der Waals surface area contributed by atoms with Crippen LogP contribution >= 0.6 is 0 Å². The highest BCUT2D eigenvalue weighted by atomic mass is 32.2. The van der Waals surface area contributed by atoms with E-state index in [0.29, 0.717) is 18.2 Å². The van der Waals surface area contributed by atoms with Crippen LogP contribution in [0, 0.1) is 0 Å². The number of fused-ring (bicyclic) bond motifs is 1. The van der Waals surface area contributed by atoms with Crippen LogP contribution in [0.1, 0.15) is 35.2 Å². The first-order valence-corrected chi connectivity index (χ1v) is 8.99. The molecule has 2 unspecified atom stereocenters. The molecule has 110 valence electrons. The van der Waals surface area contributed by atoms with Crippen LogP contribution in [0.15, 0.2) is 30.3 Å². The third-order valence-corrected chi connectivity index (χ3v) is 6.30. The van der Waals surface area contributed by atoms with Gasteiger partial charge in [0.15, 0.2) is 9.84 Å². The molecule has 0 spiro atoms. The van der Waals surface area contributed by atoms with Crippen LogP contribution in [0.3, 0.4) is 0 Å². The minimum atomic E-state index is -2.93. The van der Waals surface area contributed by atoms with Gasteiger partial charge in [0, 0.05) is 12.0 Å². The van der Waals surface area contributed by atoms with Crippen molar-refractivity contribution in [2.45, 2.75) is 24.8 Å². The summed E-state index contributed by atoms with van der Waals surface area (Å²) in [5, 5.41) is 4.61. The lowest BCUT2D eigenvalue weighted by molar-refractivity contribution is 0.496. The Kier molecular flexibility index (Phi) is 2.66. The van der Waals surface area contributed by atoms with E-state index in [-0.39, 0.29) is 17.5 Å². The van der Waals surface area contributed by atoms with Crippen molar-refractivity contribution in [3.63, 3.8) is 0 Å². The van der Waals surface area contributed by atoms with Gasteiger partial charge in [-0.15, -0.1) is 0 Å². The minimum Gasteiger partial charge on any atom is -0.384 e. The number of benzene rings is 1. The van der Waals surface area contributed by atoms with Gasteiger partial charge >= 0.3 is 0 Å². The smallest absolute Gasteiger partial charge is 0.152 e. The SMILES string of the molecule is Nc1cc(C2Cc3ccccc32)nn1C1CCS(=O)(=O)C1. The van der Waals surface area contributed by atoms with E-state index >= 15 is 0 Å². The number of sulfone groups is 1. The van der Waals surface area contributed by atoms with Crippen molar-refractivity contribution in [1.82, 2.24) is 9.78 Å². The average molecular weight is 303 g/mol. The summed E-state index contributed by atoms with van der Waals surface area (Å²) in [6, 6.07) is 10.1. The quantitative estimate of drug-likeness (QED) is 0.912. The Balaban J connectivity index is 1.64. The predicted octanol–water partition coefficient (Wildman–Crippen LogP) is 1.51. The highest BCUT2D eigenvalue weighted by Gasteiger charge is 2.33. The molecule has 0 bridgehead atoms. The maximum atomic E-state index is 11.6. The van der Waals surface area contributed by atoms with Crippen molar-refractivity contribution in [3.8, 4) is 0 Å². The molecule has 1 aliphatic carbocycles. The highest BCUT2D eigenvalue weighted by Crippen LogP contribution is 2.40. The average Bonchev–Trinajstić information content (AvgIpc) is 2.94. The van der Waals surface area contributed by atoms with Crippen molar-refractivity contribution in [3.05, 3.63) is 47.2 Å². The van der Waals surface area contributed by atoms with E-state index in [4.69, 9.17) is 5.73 Å². The van der Waals surface area contributed by atoms with E-state index in [1.165, 1.54) is 11.1 Å². The summed E-state index contributed by atoms with van der Waals surface area (Å²) in [6.45, 7) is 0. The fraction of sp³-hybridized carbons (Fsp3) is 0.400. The molecule has 1 aromatic carbocycles. The molecule has 1 fully saturated rings. The van der Waals surface area contributed by atoms with Crippen molar-refractivity contribution in [2.75, 3.05) is 17.2 Å². The van der Waals surface area contributed by atoms with Gasteiger partial charge < -0.3 is 5.73 Å². The summed E-state index contributed by atoms with van der Waals surface area (Å²) in [7, 11) is -2.93. The molecule has 2 aromatic rings. The fourth-order valence-corrected chi connectivity index (χ4v) is 5.07. The van der Waals surface area contributed by atoms with Crippen LogP contribution in [0.5, 0.6) is 0 Å². The van der Waals surface area contributed by atoms with Crippen molar-refractivity contribution < 1.29 is 8.42 Å². The second kappa shape index (κ2) is 4.34. The van der Waals surface area contributed by atoms with Gasteiger partial charge in [-0.2, -0.15) is 5.10 Å². The van der Waals surface area contributed by atoms with Crippen molar-refractivity contribution in [1.29, 1.82) is 0 Å². The first kappa shape index (κ1) is 12.9. The molecule has 1 aromatic heterocycles. The number of nitrogen functional groups attached to an aromatic ring is 1. The topological polar surface area (TPSA) is 78.0 Å². The first-order valence-electron chi connectivity index (χ1n) is 7.17. The predicted molar refractivity (Wildman–Crippen MR) is 80.9 cm³/mol. The summed E-state index contributed by atoms with van der Waals surface area (Å²) >= 11 is 0. The van der Waals surface area contributed by atoms with Crippen LogP contribution in [-0.4, -0.2) is 29.7 Å². The van der Waals surface area contributed by atoms with Crippen LogP contribution in [-0.2, 0) is 16.3 Å². The van der Waals surface area contributed by atoms with Gasteiger partial charge in [-0.25, -0.2) is 13.1 Å². The van der Waals surface area contributed by atoms with Gasteiger partial charge in [-0.3, -0.25) is 0 Å². The molecule has 0 amide bonds. The van der Waals surface area contributed by atoms with Crippen molar-refractivity contribution in [2.24, 2.45) is 0 Å². The zero-order valence-electron chi connectivity index (χ0n) is 11.6. The van der Waals surface area contributed by atoms with Gasteiger partial charge in [0.25, 0.3) is 0 Å². The summed E-state index contributed by atoms with van der Waals surface area (Å²) in [4.78, 5) is 0. The number of nitrogens with two attached hydrogens (primary N) is 1. The number of anilines is 1. The Hall–Kier alpha value is -1.82. The Labute approximate surface area is 123 Å². The molecule has 4 rings (SSSR count). The molecule has 2 heterocycles. The highest BCUT2D eigenvalue weighted by molar-refractivity contribution is 7.91. The summed E-state index contributed by atoms with van der Waals surface area (Å²) in [5.41, 5.74) is 9.67. The summed E-state index contributed by atoms with van der Waals surface area (Å²) < 4.78 is 24.9. The van der Waals surface area contributed by atoms with E-state index in [9.17, 15) is 8.42 Å². The zero-order chi connectivity index (χ0) is 14.6. The molecular weight excluding hydrogens is 286 g/mol. The third-order valence-electron chi connectivity index (χ3n) is 4.55.